The molecule has 0 bridgehead atoms. The summed E-state index contributed by atoms with van der Waals surface area (Å²) in [5.74, 6) is 1.92. The highest BCUT2D eigenvalue weighted by atomic mass is 32.1. The average Bonchev–Trinajstić information content (AvgIpc) is 2.94. The summed E-state index contributed by atoms with van der Waals surface area (Å²) in [4.78, 5) is 1.56. The SMILES string of the molecule is CCNCC1CCCC1CCc1cccs1. The Kier molecular flexibility index (Phi) is 4.86. The van der Waals surface area contributed by atoms with Crippen molar-refractivity contribution in [3.05, 3.63) is 22.4 Å². The van der Waals surface area contributed by atoms with Crippen molar-refractivity contribution < 1.29 is 0 Å². The first-order valence-corrected chi connectivity index (χ1v) is 7.51. The van der Waals surface area contributed by atoms with Gasteiger partial charge in [0.05, 0.1) is 0 Å². The minimum atomic E-state index is 0.944. The number of nitrogens with one attached hydrogen (secondary N) is 1. The van der Waals surface area contributed by atoms with E-state index < -0.39 is 0 Å². The van der Waals surface area contributed by atoms with E-state index in [2.05, 4.69) is 29.8 Å². The third kappa shape index (κ3) is 3.33. The van der Waals surface area contributed by atoms with E-state index in [0.29, 0.717) is 0 Å². The van der Waals surface area contributed by atoms with E-state index in [1.165, 1.54) is 38.6 Å². The first-order chi connectivity index (χ1) is 7.90. The molecule has 1 fully saturated rings. The maximum Gasteiger partial charge on any atom is 0.00453 e. The normalized spacial score (nSPS) is 25.1. The van der Waals surface area contributed by atoms with Crippen LogP contribution in [0.5, 0.6) is 0 Å². The van der Waals surface area contributed by atoms with Crippen molar-refractivity contribution in [2.45, 2.75) is 39.0 Å². The zero-order chi connectivity index (χ0) is 11.2. The molecule has 2 atom stereocenters. The average molecular weight is 237 g/mol. The Morgan fingerprint density at radius 1 is 1.38 bits per heavy atom. The zero-order valence-corrected chi connectivity index (χ0v) is 11.1. The molecule has 0 aromatic carbocycles. The molecule has 2 unspecified atom stereocenters. The van der Waals surface area contributed by atoms with Crippen LogP contribution >= 0.6 is 11.3 Å². The summed E-state index contributed by atoms with van der Waals surface area (Å²) in [7, 11) is 0. The summed E-state index contributed by atoms with van der Waals surface area (Å²) >= 11 is 1.91. The van der Waals surface area contributed by atoms with E-state index in [-0.39, 0.29) is 0 Å². The predicted octanol–water partition coefficient (Wildman–Crippen LogP) is 3.71. The largest absolute Gasteiger partial charge is 0.317 e. The van der Waals surface area contributed by atoms with Crippen molar-refractivity contribution in [2.24, 2.45) is 11.8 Å². The lowest BCUT2D eigenvalue weighted by molar-refractivity contribution is 0.351. The maximum atomic E-state index is 3.52. The third-order valence-electron chi connectivity index (χ3n) is 3.81. The van der Waals surface area contributed by atoms with E-state index in [1.54, 1.807) is 4.88 Å². The standard InChI is InChI=1S/C14H23NS/c1-2-15-11-13-6-3-5-12(13)8-9-14-7-4-10-16-14/h4,7,10,12-13,15H,2-3,5-6,8-9,11H2,1H3. The van der Waals surface area contributed by atoms with Crippen molar-refractivity contribution in [1.29, 1.82) is 0 Å². The third-order valence-corrected chi connectivity index (χ3v) is 4.75. The van der Waals surface area contributed by atoms with Crippen molar-refractivity contribution in [3.63, 3.8) is 0 Å². The van der Waals surface area contributed by atoms with Crippen molar-refractivity contribution >= 4 is 11.3 Å². The van der Waals surface area contributed by atoms with Crippen LogP contribution in [0.2, 0.25) is 0 Å². The van der Waals surface area contributed by atoms with Gasteiger partial charge >= 0.3 is 0 Å². The first-order valence-electron chi connectivity index (χ1n) is 6.63. The van der Waals surface area contributed by atoms with Gasteiger partial charge in [0.2, 0.25) is 0 Å². The molecule has 0 spiro atoms. The van der Waals surface area contributed by atoms with Gasteiger partial charge in [0.15, 0.2) is 0 Å². The summed E-state index contributed by atoms with van der Waals surface area (Å²) in [6.45, 7) is 4.56. The molecule has 0 saturated heterocycles. The Morgan fingerprint density at radius 2 is 2.25 bits per heavy atom. The number of rotatable bonds is 6. The van der Waals surface area contributed by atoms with E-state index in [0.717, 1.165) is 18.4 Å². The van der Waals surface area contributed by atoms with Gasteiger partial charge in [0.1, 0.15) is 0 Å². The molecule has 1 aliphatic rings. The smallest absolute Gasteiger partial charge is 0.00453 e. The van der Waals surface area contributed by atoms with Gasteiger partial charge in [0, 0.05) is 4.88 Å². The minimum Gasteiger partial charge on any atom is -0.317 e. The van der Waals surface area contributed by atoms with Gasteiger partial charge in [-0.05, 0) is 55.6 Å². The summed E-state index contributed by atoms with van der Waals surface area (Å²) in [6, 6.07) is 4.45. The second-order valence-corrected chi connectivity index (χ2v) is 5.91. The second-order valence-electron chi connectivity index (χ2n) is 4.88. The topological polar surface area (TPSA) is 12.0 Å². The van der Waals surface area contributed by atoms with E-state index >= 15 is 0 Å². The minimum absolute atomic E-state index is 0.944. The number of hydrogen-bond acceptors (Lipinski definition) is 2. The Bertz CT molecular complexity index is 281. The molecule has 0 aliphatic heterocycles. The maximum absolute atomic E-state index is 3.52. The van der Waals surface area contributed by atoms with Crippen LogP contribution in [0, 0.1) is 11.8 Å². The van der Waals surface area contributed by atoms with Gasteiger partial charge in [-0.3, -0.25) is 0 Å². The highest BCUT2D eigenvalue weighted by molar-refractivity contribution is 7.09. The number of hydrogen-bond donors (Lipinski definition) is 1. The van der Waals surface area contributed by atoms with Crippen molar-refractivity contribution in [1.82, 2.24) is 5.32 Å². The predicted molar refractivity (Wildman–Crippen MR) is 72.0 cm³/mol. The van der Waals surface area contributed by atoms with Gasteiger partial charge < -0.3 is 5.32 Å². The Hall–Kier alpha value is -0.340. The Morgan fingerprint density at radius 3 is 3.00 bits per heavy atom. The lowest BCUT2D eigenvalue weighted by atomic mass is 9.91. The van der Waals surface area contributed by atoms with Gasteiger partial charge in [-0.15, -0.1) is 11.3 Å². The fraction of sp³-hybridized carbons (Fsp3) is 0.714. The van der Waals surface area contributed by atoms with Gasteiger partial charge in [-0.1, -0.05) is 25.8 Å². The molecule has 0 amide bonds. The van der Waals surface area contributed by atoms with E-state index in [9.17, 15) is 0 Å². The van der Waals surface area contributed by atoms with Crippen LogP contribution < -0.4 is 5.32 Å². The summed E-state index contributed by atoms with van der Waals surface area (Å²) in [5.41, 5.74) is 0. The number of thiophene rings is 1. The molecule has 1 N–H and O–H groups in total. The highest BCUT2D eigenvalue weighted by Gasteiger charge is 2.26. The summed E-state index contributed by atoms with van der Waals surface area (Å²) in [6.07, 6.45) is 7.05. The van der Waals surface area contributed by atoms with Crippen LogP contribution in [0.4, 0.5) is 0 Å². The molecule has 1 saturated carbocycles. The van der Waals surface area contributed by atoms with Crippen LogP contribution in [-0.2, 0) is 6.42 Å². The molecule has 1 heterocycles. The van der Waals surface area contributed by atoms with Crippen molar-refractivity contribution in [2.75, 3.05) is 13.1 Å². The first kappa shape index (κ1) is 12.1. The lowest BCUT2D eigenvalue weighted by Gasteiger charge is -2.19. The molecule has 1 aromatic heterocycles. The molecular weight excluding hydrogens is 214 g/mol. The molecule has 90 valence electrons. The monoisotopic (exact) mass is 237 g/mol. The fourth-order valence-electron chi connectivity index (χ4n) is 2.87. The molecule has 2 heteroatoms. The van der Waals surface area contributed by atoms with Crippen LogP contribution in [-0.4, -0.2) is 13.1 Å². The van der Waals surface area contributed by atoms with Crippen LogP contribution in [0.1, 0.15) is 37.5 Å². The molecule has 16 heavy (non-hydrogen) atoms. The molecular formula is C14H23NS. The zero-order valence-electron chi connectivity index (χ0n) is 10.2. The van der Waals surface area contributed by atoms with Crippen molar-refractivity contribution in [3.8, 4) is 0 Å². The van der Waals surface area contributed by atoms with Gasteiger partial charge in [-0.2, -0.15) is 0 Å². The molecule has 1 nitrogen and oxygen atoms in total. The van der Waals surface area contributed by atoms with Crippen LogP contribution in [0.15, 0.2) is 17.5 Å². The highest BCUT2D eigenvalue weighted by Crippen LogP contribution is 2.34. The second kappa shape index (κ2) is 6.41. The van der Waals surface area contributed by atoms with Gasteiger partial charge in [0.25, 0.3) is 0 Å². The fourth-order valence-corrected chi connectivity index (χ4v) is 3.60. The Labute approximate surface area is 103 Å². The molecule has 1 aromatic rings. The summed E-state index contributed by atoms with van der Waals surface area (Å²) < 4.78 is 0. The molecule has 1 aliphatic carbocycles. The van der Waals surface area contributed by atoms with Crippen LogP contribution in [0.25, 0.3) is 0 Å². The quantitative estimate of drug-likeness (QED) is 0.795. The van der Waals surface area contributed by atoms with Gasteiger partial charge in [-0.25, -0.2) is 0 Å². The number of aryl methyl sites for hydroxylation is 1. The lowest BCUT2D eigenvalue weighted by Crippen LogP contribution is -2.25. The van der Waals surface area contributed by atoms with E-state index in [1.807, 2.05) is 11.3 Å². The molecule has 2 rings (SSSR count). The Balaban J connectivity index is 1.75. The molecule has 0 radical (unpaired) electrons. The summed E-state index contributed by atoms with van der Waals surface area (Å²) in [5, 5.41) is 5.71. The van der Waals surface area contributed by atoms with Crippen LogP contribution in [0.3, 0.4) is 0 Å². The van der Waals surface area contributed by atoms with E-state index in [4.69, 9.17) is 0 Å².